The van der Waals surface area contributed by atoms with E-state index in [2.05, 4.69) is 5.32 Å². The minimum atomic E-state index is -0.753. The molecule has 1 amide bonds. The fourth-order valence-electron chi connectivity index (χ4n) is 2.09. The summed E-state index contributed by atoms with van der Waals surface area (Å²) in [4.78, 5) is 11.9. The van der Waals surface area contributed by atoms with Crippen LogP contribution in [0.2, 0.25) is 0 Å². The van der Waals surface area contributed by atoms with Gasteiger partial charge in [0.15, 0.2) is 0 Å². The summed E-state index contributed by atoms with van der Waals surface area (Å²) in [5.41, 5.74) is 1.19. The number of amides is 1. The van der Waals surface area contributed by atoms with Gasteiger partial charge in [-0.2, -0.15) is 0 Å². The third-order valence-electron chi connectivity index (χ3n) is 3.21. The van der Waals surface area contributed by atoms with Gasteiger partial charge in [-0.3, -0.25) is 4.79 Å². The van der Waals surface area contributed by atoms with Crippen LogP contribution < -0.4 is 5.32 Å². The first-order valence-electron chi connectivity index (χ1n) is 6.85. The van der Waals surface area contributed by atoms with Crippen LogP contribution in [-0.4, -0.2) is 11.9 Å². The summed E-state index contributed by atoms with van der Waals surface area (Å²) in [5, 5.41) is 2.75. The summed E-state index contributed by atoms with van der Waals surface area (Å²) in [5.74, 6) is -1.97. The van der Waals surface area contributed by atoms with Crippen LogP contribution in [0.4, 0.5) is 8.78 Å². The fraction of sp³-hybridized carbons (Fsp3) is 0.235. The molecule has 21 heavy (non-hydrogen) atoms. The van der Waals surface area contributed by atoms with Crippen LogP contribution in [0.1, 0.15) is 29.3 Å². The second-order valence-electron chi connectivity index (χ2n) is 5.06. The predicted octanol–water partition coefficient (Wildman–Crippen LogP) is 3.72. The van der Waals surface area contributed by atoms with E-state index in [1.807, 2.05) is 37.3 Å². The quantitative estimate of drug-likeness (QED) is 0.893. The summed E-state index contributed by atoms with van der Waals surface area (Å²) < 4.78 is 26.2. The van der Waals surface area contributed by atoms with Crippen molar-refractivity contribution in [2.75, 3.05) is 0 Å². The largest absolute Gasteiger partial charge is 0.350 e. The first-order valence-corrected chi connectivity index (χ1v) is 6.85. The maximum Gasteiger partial charge on any atom is 0.251 e. The number of nitrogens with one attached hydrogen (secondary N) is 1. The molecule has 110 valence electrons. The van der Waals surface area contributed by atoms with Crippen molar-refractivity contribution in [3.63, 3.8) is 0 Å². The molecule has 2 aromatic rings. The van der Waals surface area contributed by atoms with Gasteiger partial charge < -0.3 is 5.32 Å². The van der Waals surface area contributed by atoms with Crippen LogP contribution >= 0.6 is 0 Å². The van der Waals surface area contributed by atoms with Gasteiger partial charge in [0.25, 0.3) is 5.91 Å². The monoisotopic (exact) mass is 289 g/mol. The van der Waals surface area contributed by atoms with Crippen LogP contribution in [0.15, 0.2) is 48.5 Å². The van der Waals surface area contributed by atoms with E-state index >= 15 is 0 Å². The number of hydrogen-bond donors (Lipinski definition) is 1. The highest BCUT2D eigenvalue weighted by molar-refractivity contribution is 5.94. The maximum absolute atomic E-state index is 13.1. The first-order chi connectivity index (χ1) is 10.0. The Morgan fingerprint density at radius 1 is 1.10 bits per heavy atom. The van der Waals surface area contributed by atoms with Gasteiger partial charge in [-0.25, -0.2) is 8.78 Å². The molecule has 0 aromatic heterocycles. The number of aryl methyl sites for hydroxylation is 1. The van der Waals surface area contributed by atoms with Crippen LogP contribution in [-0.2, 0) is 6.42 Å². The van der Waals surface area contributed by atoms with Gasteiger partial charge in [0.2, 0.25) is 0 Å². The Morgan fingerprint density at radius 3 is 2.33 bits per heavy atom. The van der Waals surface area contributed by atoms with Crippen LogP contribution in [0.3, 0.4) is 0 Å². The van der Waals surface area contributed by atoms with Crippen molar-refractivity contribution < 1.29 is 13.6 Å². The van der Waals surface area contributed by atoms with E-state index in [-0.39, 0.29) is 11.6 Å². The Balaban J connectivity index is 1.90. The van der Waals surface area contributed by atoms with Gasteiger partial charge >= 0.3 is 0 Å². The maximum atomic E-state index is 13.1. The number of rotatable bonds is 5. The van der Waals surface area contributed by atoms with E-state index in [0.29, 0.717) is 0 Å². The van der Waals surface area contributed by atoms with E-state index in [1.165, 1.54) is 5.56 Å². The van der Waals surface area contributed by atoms with Gasteiger partial charge in [0.05, 0.1) is 0 Å². The molecule has 0 heterocycles. The second-order valence-corrected chi connectivity index (χ2v) is 5.06. The predicted molar refractivity (Wildman–Crippen MR) is 78.0 cm³/mol. The molecule has 0 aliphatic rings. The lowest BCUT2D eigenvalue weighted by molar-refractivity contribution is 0.0937. The van der Waals surface area contributed by atoms with E-state index in [0.717, 1.165) is 31.0 Å². The molecule has 0 radical (unpaired) electrons. The molecule has 0 spiro atoms. The van der Waals surface area contributed by atoms with Crippen molar-refractivity contribution in [2.24, 2.45) is 0 Å². The lowest BCUT2D eigenvalue weighted by Crippen LogP contribution is -2.33. The summed E-state index contributed by atoms with van der Waals surface area (Å²) in [6.07, 6.45) is 1.59. The molecule has 0 fully saturated rings. The van der Waals surface area contributed by atoms with E-state index in [4.69, 9.17) is 0 Å². The Morgan fingerprint density at radius 2 is 1.71 bits per heavy atom. The first kappa shape index (κ1) is 15.2. The van der Waals surface area contributed by atoms with E-state index in [9.17, 15) is 13.6 Å². The average molecular weight is 289 g/mol. The topological polar surface area (TPSA) is 29.1 Å². The average Bonchev–Trinajstić information content (AvgIpc) is 2.45. The summed E-state index contributed by atoms with van der Waals surface area (Å²) in [6, 6.07) is 12.7. The molecular formula is C17H17F2NO. The van der Waals surface area contributed by atoms with Gasteiger partial charge in [0, 0.05) is 17.7 Å². The zero-order chi connectivity index (χ0) is 15.2. The highest BCUT2D eigenvalue weighted by Crippen LogP contribution is 2.09. The van der Waals surface area contributed by atoms with Crippen LogP contribution in [0.25, 0.3) is 0 Å². The zero-order valence-corrected chi connectivity index (χ0v) is 11.8. The van der Waals surface area contributed by atoms with E-state index < -0.39 is 17.5 Å². The third-order valence-corrected chi connectivity index (χ3v) is 3.21. The minimum Gasteiger partial charge on any atom is -0.350 e. The standard InChI is InChI=1S/C17H17F2NO/c1-12(7-8-13-5-3-2-4-6-13)20-17(21)14-9-15(18)11-16(19)10-14/h2-6,9-12H,7-8H2,1H3,(H,20,21). The molecule has 0 aliphatic heterocycles. The SMILES string of the molecule is CC(CCc1ccccc1)NC(=O)c1cc(F)cc(F)c1. The van der Waals surface area contributed by atoms with Gasteiger partial charge in [-0.15, -0.1) is 0 Å². The minimum absolute atomic E-state index is 0.000869. The van der Waals surface area contributed by atoms with E-state index in [1.54, 1.807) is 0 Å². The molecule has 0 saturated heterocycles. The van der Waals surface area contributed by atoms with Gasteiger partial charge in [-0.1, -0.05) is 30.3 Å². The summed E-state index contributed by atoms with van der Waals surface area (Å²) >= 11 is 0. The highest BCUT2D eigenvalue weighted by atomic mass is 19.1. The number of carbonyl (C=O) groups is 1. The third kappa shape index (κ3) is 4.67. The number of carbonyl (C=O) groups excluding carboxylic acids is 1. The Bertz CT molecular complexity index is 593. The molecule has 4 heteroatoms. The fourth-order valence-corrected chi connectivity index (χ4v) is 2.09. The Labute approximate surface area is 122 Å². The molecule has 1 atom stereocenters. The number of hydrogen-bond acceptors (Lipinski definition) is 1. The number of halogens is 2. The van der Waals surface area contributed by atoms with Crippen molar-refractivity contribution in [1.29, 1.82) is 0 Å². The zero-order valence-electron chi connectivity index (χ0n) is 11.8. The highest BCUT2D eigenvalue weighted by Gasteiger charge is 2.12. The smallest absolute Gasteiger partial charge is 0.251 e. The summed E-state index contributed by atoms with van der Waals surface area (Å²) in [7, 11) is 0. The van der Waals surface area contributed by atoms with Crippen molar-refractivity contribution >= 4 is 5.91 Å². The lowest BCUT2D eigenvalue weighted by atomic mass is 10.1. The molecule has 1 N–H and O–H groups in total. The number of benzene rings is 2. The molecule has 0 saturated carbocycles. The van der Waals surface area contributed by atoms with Gasteiger partial charge in [0.1, 0.15) is 11.6 Å². The molecule has 1 unspecified atom stereocenters. The molecule has 0 aliphatic carbocycles. The second kappa shape index (κ2) is 6.97. The molecule has 2 rings (SSSR count). The molecule has 2 aromatic carbocycles. The van der Waals surface area contributed by atoms with Crippen LogP contribution in [0, 0.1) is 11.6 Å². The van der Waals surface area contributed by atoms with Gasteiger partial charge in [-0.05, 0) is 37.5 Å². The Kier molecular flexibility index (Phi) is 5.04. The molecule has 0 bridgehead atoms. The Hall–Kier alpha value is -2.23. The van der Waals surface area contributed by atoms with Crippen LogP contribution in [0.5, 0.6) is 0 Å². The van der Waals surface area contributed by atoms with Crippen molar-refractivity contribution in [1.82, 2.24) is 5.32 Å². The van der Waals surface area contributed by atoms with Crippen molar-refractivity contribution in [3.8, 4) is 0 Å². The summed E-state index contributed by atoms with van der Waals surface area (Å²) in [6.45, 7) is 1.87. The molecule has 2 nitrogen and oxygen atoms in total. The molecular weight excluding hydrogens is 272 g/mol. The van der Waals surface area contributed by atoms with Crippen molar-refractivity contribution in [2.45, 2.75) is 25.8 Å². The normalized spacial score (nSPS) is 12.0. The lowest BCUT2D eigenvalue weighted by Gasteiger charge is -2.14. The van der Waals surface area contributed by atoms with Crippen molar-refractivity contribution in [3.05, 3.63) is 71.3 Å².